The molecule has 0 bridgehead atoms. The molecule has 0 spiro atoms. The van der Waals surface area contributed by atoms with Gasteiger partial charge >= 0.3 is 0 Å². The molecule has 1 aromatic rings. The maximum absolute atomic E-state index is 11.5. The summed E-state index contributed by atoms with van der Waals surface area (Å²) in [7, 11) is 0. The van der Waals surface area contributed by atoms with Crippen LogP contribution in [0.4, 0.5) is 5.69 Å². The van der Waals surface area contributed by atoms with Crippen LogP contribution in [0.15, 0.2) is 24.3 Å². The number of carbonyl (C=O) groups is 1. The Balaban J connectivity index is 0.00000112. The molecule has 4 heteroatoms. The Labute approximate surface area is 95.7 Å². The van der Waals surface area contributed by atoms with Crippen LogP contribution in [0.25, 0.3) is 0 Å². The second-order valence-electron chi connectivity index (χ2n) is 3.48. The number of amides is 1. The number of para-hydroxylation sites is 1. The number of benzene rings is 1. The van der Waals surface area contributed by atoms with Gasteiger partial charge in [0.25, 0.3) is 0 Å². The van der Waals surface area contributed by atoms with Crippen LogP contribution in [0.3, 0.4) is 0 Å². The molecular formula is C11H15ClN2O. The molecule has 1 saturated heterocycles. The Morgan fingerprint density at radius 1 is 1.33 bits per heavy atom. The first kappa shape index (κ1) is 12.0. The van der Waals surface area contributed by atoms with Gasteiger partial charge in [0.15, 0.2) is 0 Å². The van der Waals surface area contributed by atoms with E-state index in [0.717, 1.165) is 24.2 Å². The van der Waals surface area contributed by atoms with Crippen molar-refractivity contribution in [2.45, 2.75) is 19.4 Å². The first-order chi connectivity index (χ1) is 6.83. The fraction of sp³-hybridized carbons (Fsp3) is 0.364. The van der Waals surface area contributed by atoms with Crippen molar-refractivity contribution in [2.24, 2.45) is 5.73 Å². The van der Waals surface area contributed by atoms with Crippen molar-refractivity contribution in [3.63, 3.8) is 0 Å². The molecule has 3 nitrogen and oxygen atoms in total. The maximum Gasteiger partial charge on any atom is 0.227 e. The zero-order valence-electron chi connectivity index (χ0n) is 8.48. The summed E-state index contributed by atoms with van der Waals surface area (Å²) in [6.07, 6.45) is 1.62. The summed E-state index contributed by atoms with van der Waals surface area (Å²) >= 11 is 0. The van der Waals surface area contributed by atoms with E-state index in [2.05, 4.69) is 0 Å². The van der Waals surface area contributed by atoms with Crippen LogP contribution in [-0.4, -0.2) is 12.5 Å². The lowest BCUT2D eigenvalue weighted by Crippen LogP contribution is -2.25. The molecule has 0 aromatic heterocycles. The zero-order valence-corrected chi connectivity index (χ0v) is 9.30. The smallest absolute Gasteiger partial charge is 0.227 e. The van der Waals surface area contributed by atoms with Gasteiger partial charge in [0.1, 0.15) is 0 Å². The van der Waals surface area contributed by atoms with Gasteiger partial charge in [-0.25, -0.2) is 0 Å². The monoisotopic (exact) mass is 226 g/mol. The van der Waals surface area contributed by atoms with Gasteiger partial charge in [0.05, 0.1) is 0 Å². The minimum Gasteiger partial charge on any atom is -0.326 e. The lowest BCUT2D eigenvalue weighted by atomic mass is 10.1. The van der Waals surface area contributed by atoms with Gasteiger partial charge in [0, 0.05) is 25.2 Å². The minimum atomic E-state index is 0. The summed E-state index contributed by atoms with van der Waals surface area (Å²) in [4.78, 5) is 13.4. The zero-order chi connectivity index (χ0) is 9.97. The van der Waals surface area contributed by atoms with Crippen molar-refractivity contribution in [1.29, 1.82) is 0 Å². The van der Waals surface area contributed by atoms with E-state index < -0.39 is 0 Å². The highest BCUT2D eigenvalue weighted by Crippen LogP contribution is 2.24. The number of hydrogen-bond acceptors (Lipinski definition) is 2. The largest absolute Gasteiger partial charge is 0.326 e. The standard InChI is InChI=1S/C11H14N2O.ClH/c12-8-9-4-1-2-5-10(9)13-7-3-6-11(13)14;/h1-2,4-5H,3,6-8,12H2;1H. The highest BCUT2D eigenvalue weighted by atomic mass is 35.5. The third-order valence-corrected chi connectivity index (χ3v) is 2.58. The fourth-order valence-electron chi connectivity index (χ4n) is 1.85. The van der Waals surface area contributed by atoms with Gasteiger partial charge < -0.3 is 10.6 Å². The number of halogens is 1. The predicted molar refractivity (Wildman–Crippen MR) is 63.2 cm³/mol. The lowest BCUT2D eigenvalue weighted by molar-refractivity contribution is -0.117. The van der Waals surface area contributed by atoms with Gasteiger partial charge in [0.2, 0.25) is 5.91 Å². The van der Waals surface area contributed by atoms with Crippen molar-refractivity contribution in [1.82, 2.24) is 0 Å². The van der Waals surface area contributed by atoms with E-state index in [1.165, 1.54) is 0 Å². The van der Waals surface area contributed by atoms with E-state index in [1.54, 1.807) is 0 Å². The van der Waals surface area contributed by atoms with Gasteiger partial charge in [-0.1, -0.05) is 18.2 Å². The van der Waals surface area contributed by atoms with Crippen LogP contribution in [0, 0.1) is 0 Å². The molecule has 0 atom stereocenters. The van der Waals surface area contributed by atoms with Crippen molar-refractivity contribution in [2.75, 3.05) is 11.4 Å². The number of nitrogens with zero attached hydrogens (tertiary/aromatic N) is 1. The molecule has 1 aliphatic heterocycles. The van der Waals surface area contributed by atoms with E-state index >= 15 is 0 Å². The molecule has 0 unspecified atom stereocenters. The molecule has 0 saturated carbocycles. The Bertz CT molecular complexity index is 354. The number of carbonyl (C=O) groups excluding carboxylic acids is 1. The van der Waals surface area contributed by atoms with E-state index in [9.17, 15) is 4.79 Å². The van der Waals surface area contributed by atoms with E-state index in [1.807, 2.05) is 29.2 Å². The quantitative estimate of drug-likeness (QED) is 0.834. The second-order valence-corrected chi connectivity index (χ2v) is 3.48. The molecule has 2 rings (SSSR count). The predicted octanol–water partition coefficient (Wildman–Crippen LogP) is 1.69. The second kappa shape index (κ2) is 5.14. The molecule has 1 heterocycles. The summed E-state index contributed by atoms with van der Waals surface area (Å²) in [5.74, 6) is 0.214. The van der Waals surface area contributed by atoms with Crippen molar-refractivity contribution >= 4 is 24.0 Å². The Kier molecular flexibility index (Phi) is 4.12. The van der Waals surface area contributed by atoms with Crippen LogP contribution in [-0.2, 0) is 11.3 Å². The topological polar surface area (TPSA) is 46.3 Å². The molecule has 0 aliphatic carbocycles. The molecule has 1 aromatic carbocycles. The van der Waals surface area contributed by atoms with Gasteiger partial charge in [-0.2, -0.15) is 0 Å². The average molecular weight is 227 g/mol. The summed E-state index contributed by atoms with van der Waals surface area (Å²) in [5.41, 5.74) is 7.65. The highest BCUT2D eigenvalue weighted by Gasteiger charge is 2.22. The number of nitrogens with two attached hydrogens (primary N) is 1. The van der Waals surface area contributed by atoms with Gasteiger partial charge in [-0.3, -0.25) is 4.79 Å². The fourth-order valence-corrected chi connectivity index (χ4v) is 1.85. The maximum atomic E-state index is 11.5. The SMILES string of the molecule is Cl.NCc1ccccc1N1CCCC1=O. The molecule has 1 aliphatic rings. The summed E-state index contributed by atoms with van der Waals surface area (Å²) in [5, 5.41) is 0. The van der Waals surface area contributed by atoms with Crippen LogP contribution in [0.2, 0.25) is 0 Å². The molecular weight excluding hydrogens is 212 g/mol. The van der Waals surface area contributed by atoms with Crippen LogP contribution < -0.4 is 10.6 Å². The molecule has 2 N–H and O–H groups in total. The molecule has 0 radical (unpaired) electrons. The molecule has 1 fully saturated rings. The average Bonchev–Trinajstić information content (AvgIpc) is 2.64. The lowest BCUT2D eigenvalue weighted by Gasteiger charge is -2.18. The number of hydrogen-bond donors (Lipinski definition) is 1. The van der Waals surface area contributed by atoms with Crippen molar-refractivity contribution in [3.8, 4) is 0 Å². The Morgan fingerprint density at radius 2 is 2.07 bits per heavy atom. The summed E-state index contributed by atoms with van der Waals surface area (Å²) in [6.45, 7) is 1.32. The number of anilines is 1. The molecule has 1 amide bonds. The van der Waals surface area contributed by atoms with E-state index in [4.69, 9.17) is 5.73 Å². The third kappa shape index (κ3) is 2.30. The van der Waals surface area contributed by atoms with Crippen molar-refractivity contribution < 1.29 is 4.79 Å². The third-order valence-electron chi connectivity index (χ3n) is 2.58. The number of rotatable bonds is 2. The molecule has 15 heavy (non-hydrogen) atoms. The normalized spacial score (nSPS) is 15.3. The Hall–Kier alpha value is -1.06. The van der Waals surface area contributed by atoms with Gasteiger partial charge in [-0.05, 0) is 18.1 Å². The van der Waals surface area contributed by atoms with Gasteiger partial charge in [-0.15, -0.1) is 12.4 Å². The Morgan fingerprint density at radius 3 is 2.67 bits per heavy atom. The van der Waals surface area contributed by atoms with Crippen LogP contribution in [0.5, 0.6) is 0 Å². The highest BCUT2D eigenvalue weighted by molar-refractivity contribution is 5.96. The van der Waals surface area contributed by atoms with Crippen LogP contribution in [0.1, 0.15) is 18.4 Å². The van der Waals surface area contributed by atoms with E-state index in [0.29, 0.717) is 13.0 Å². The first-order valence-electron chi connectivity index (χ1n) is 4.91. The summed E-state index contributed by atoms with van der Waals surface area (Å²) in [6, 6.07) is 7.83. The summed E-state index contributed by atoms with van der Waals surface area (Å²) < 4.78 is 0. The van der Waals surface area contributed by atoms with Crippen molar-refractivity contribution in [3.05, 3.63) is 29.8 Å². The van der Waals surface area contributed by atoms with Crippen LogP contribution >= 0.6 is 12.4 Å². The first-order valence-corrected chi connectivity index (χ1v) is 4.91. The molecule has 82 valence electrons. The minimum absolute atomic E-state index is 0. The van der Waals surface area contributed by atoms with E-state index in [-0.39, 0.29) is 18.3 Å².